The molecule has 22 heavy (non-hydrogen) atoms. The molecule has 2 aromatic rings. The highest BCUT2D eigenvalue weighted by atomic mass is 16.1. The molecule has 5 rings (SSSR count). The summed E-state index contributed by atoms with van der Waals surface area (Å²) in [6.45, 7) is 5.68. The molecule has 0 saturated carbocycles. The number of benzene rings is 1. The maximum Gasteiger partial charge on any atom is 0.258 e. The van der Waals surface area contributed by atoms with Crippen molar-refractivity contribution < 1.29 is 0 Å². The topological polar surface area (TPSA) is 25.2 Å². The van der Waals surface area contributed by atoms with Gasteiger partial charge in [-0.15, -0.1) is 0 Å². The van der Waals surface area contributed by atoms with Gasteiger partial charge in [0.1, 0.15) is 0 Å². The second-order valence-corrected chi connectivity index (χ2v) is 6.87. The van der Waals surface area contributed by atoms with Gasteiger partial charge in [0.15, 0.2) is 0 Å². The third-order valence-electron chi connectivity index (χ3n) is 5.53. The normalized spacial score (nSPS) is 27.4. The number of rotatable bonds is 3. The standard InChI is InChI=1S/C19H24N2O/c1-2-5-15-12-21(18-13-20-10-8-14(18)9-11-20)19(22)17-7-4-3-6-16(15)17/h3-4,6-7,12,14,18H,2,5,8-11,13H2,1H3. The van der Waals surface area contributed by atoms with Crippen molar-refractivity contribution in [3.63, 3.8) is 0 Å². The summed E-state index contributed by atoms with van der Waals surface area (Å²) in [5.41, 5.74) is 1.53. The molecule has 3 aliphatic heterocycles. The van der Waals surface area contributed by atoms with Gasteiger partial charge in [-0.3, -0.25) is 4.79 Å². The Balaban J connectivity index is 1.87. The average molecular weight is 296 g/mol. The largest absolute Gasteiger partial charge is 0.310 e. The lowest BCUT2D eigenvalue weighted by atomic mass is 9.83. The molecular formula is C19H24N2O. The third kappa shape index (κ3) is 2.19. The van der Waals surface area contributed by atoms with E-state index in [9.17, 15) is 4.79 Å². The number of piperidine rings is 3. The zero-order chi connectivity index (χ0) is 15.1. The van der Waals surface area contributed by atoms with E-state index >= 15 is 0 Å². The first-order valence-corrected chi connectivity index (χ1v) is 8.63. The fraction of sp³-hybridized carbons (Fsp3) is 0.526. The van der Waals surface area contributed by atoms with Crippen LogP contribution in [0.3, 0.4) is 0 Å². The van der Waals surface area contributed by atoms with Crippen LogP contribution in [0.4, 0.5) is 0 Å². The molecule has 3 nitrogen and oxygen atoms in total. The quantitative estimate of drug-likeness (QED) is 0.869. The van der Waals surface area contributed by atoms with E-state index < -0.39 is 0 Å². The Hall–Kier alpha value is -1.61. The molecule has 116 valence electrons. The summed E-state index contributed by atoms with van der Waals surface area (Å²) in [5.74, 6) is 0.679. The Morgan fingerprint density at radius 1 is 1.14 bits per heavy atom. The van der Waals surface area contributed by atoms with Gasteiger partial charge in [-0.2, -0.15) is 0 Å². The Morgan fingerprint density at radius 3 is 2.50 bits per heavy atom. The van der Waals surface area contributed by atoms with Gasteiger partial charge in [-0.05, 0) is 55.3 Å². The number of hydrogen-bond acceptors (Lipinski definition) is 2. The van der Waals surface area contributed by atoms with E-state index in [0.29, 0.717) is 12.0 Å². The highest BCUT2D eigenvalue weighted by molar-refractivity contribution is 5.84. The summed E-state index contributed by atoms with van der Waals surface area (Å²) in [6.07, 6.45) is 6.81. The van der Waals surface area contributed by atoms with Crippen molar-refractivity contribution in [2.24, 2.45) is 5.92 Å². The van der Waals surface area contributed by atoms with Crippen LogP contribution >= 0.6 is 0 Å². The third-order valence-corrected chi connectivity index (χ3v) is 5.53. The monoisotopic (exact) mass is 296 g/mol. The number of aromatic nitrogens is 1. The Bertz CT molecular complexity index is 741. The summed E-state index contributed by atoms with van der Waals surface area (Å²) in [7, 11) is 0. The molecule has 1 aromatic carbocycles. The first-order chi connectivity index (χ1) is 10.8. The number of aryl methyl sites for hydroxylation is 1. The van der Waals surface area contributed by atoms with E-state index in [1.807, 2.05) is 18.2 Å². The fourth-order valence-electron chi connectivity index (χ4n) is 4.35. The molecule has 1 aromatic heterocycles. The summed E-state index contributed by atoms with van der Waals surface area (Å²) >= 11 is 0. The van der Waals surface area contributed by atoms with Gasteiger partial charge in [0.25, 0.3) is 5.56 Å². The van der Waals surface area contributed by atoms with Crippen LogP contribution in [0.2, 0.25) is 0 Å². The van der Waals surface area contributed by atoms with E-state index in [1.54, 1.807) is 0 Å². The van der Waals surface area contributed by atoms with Crippen molar-refractivity contribution in [1.82, 2.24) is 9.47 Å². The smallest absolute Gasteiger partial charge is 0.258 e. The van der Waals surface area contributed by atoms with Crippen LogP contribution < -0.4 is 5.56 Å². The molecule has 0 amide bonds. The molecular weight excluding hydrogens is 272 g/mol. The van der Waals surface area contributed by atoms with Crippen LogP contribution in [0.15, 0.2) is 35.3 Å². The van der Waals surface area contributed by atoms with Crippen LogP contribution in [0.1, 0.15) is 37.8 Å². The van der Waals surface area contributed by atoms with E-state index in [0.717, 1.165) is 30.2 Å². The van der Waals surface area contributed by atoms with E-state index in [1.165, 1.54) is 31.5 Å². The number of nitrogens with zero attached hydrogens (tertiary/aromatic N) is 2. The van der Waals surface area contributed by atoms with Gasteiger partial charge >= 0.3 is 0 Å². The fourth-order valence-corrected chi connectivity index (χ4v) is 4.35. The van der Waals surface area contributed by atoms with E-state index in [2.05, 4.69) is 28.7 Å². The molecule has 3 aliphatic rings. The highest BCUT2D eigenvalue weighted by Gasteiger charge is 2.35. The first-order valence-electron chi connectivity index (χ1n) is 8.63. The van der Waals surface area contributed by atoms with Crippen molar-refractivity contribution in [3.8, 4) is 0 Å². The Labute approximate surface area is 131 Å². The maximum atomic E-state index is 13.0. The van der Waals surface area contributed by atoms with Gasteiger partial charge in [0.2, 0.25) is 0 Å². The molecule has 0 spiro atoms. The predicted octanol–water partition coefficient (Wildman–Crippen LogP) is 3.22. The minimum atomic E-state index is 0.203. The minimum absolute atomic E-state index is 0.203. The van der Waals surface area contributed by atoms with Crippen molar-refractivity contribution in [1.29, 1.82) is 0 Å². The number of fused-ring (bicyclic) bond motifs is 4. The second-order valence-electron chi connectivity index (χ2n) is 6.87. The Kier molecular flexibility index (Phi) is 3.53. The van der Waals surface area contributed by atoms with E-state index in [4.69, 9.17) is 0 Å². The molecule has 0 radical (unpaired) electrons. The molecule has 3 saturated heterocycles. The zero-order valence-electron chi connectivity index (χ0n) is 13.3. The lowest BCUT2D eigenvalue weighted by molar-refractivity contribution is 0.0555. The average Bonchev–Trinajstić information content (AvgIpc) is 2.58. The van der Waals surface area contributed by atoms with Crippen LogP contribution in [0.5, 0.6) is 0 Å². The molecule has 1 unspecified atom stereocenters. The summed E-state index contributed by atoms with van der Waals surface area (Å²) < 4.78 is 2.07. The van der Waals surface area contributed by atoms with Gasteiger partial charge in [-0.1, -0.05) is 31.5 Å². The molecule has 1 atom stereocenters. The number of hydrogen-bond donors (Lipinski definition) is 0. The van der Waals surface area contributed by atoms with Crippen LogP contribution in [0, 0.1) is 5.92 Å². The van der Waals surface area contributed by atoms with Crippen LogP contribution in [0.25, 0.3) is 10.8 Å². The van der Waals surface area contributed by atoms with Crippen molar-refractivity contribution >= 4 is 10.8 Å². The van der Waals surface area contributed by atoms with Crippen LogP contribution in [-0.4, -0.2) is 29.1 Å². The zero-order valence-corrected chi connectivity index (χ0v) is 13.3. The Morgan fingerprint density at radius 2 is 1.86 bits per heavy atom. The summed E-state index contributed by atoms with van der Waals surface area (Å²) in [5, 5.41) is 2.04. The lowest BCUT2D eigenvalue weighted by Gasteiger charge is -2.45. The summed E-state index contributed by atoms with van der Waals surface area (Å²) in [4.78, 5) is 15.5. The van der Waals surface area contributed by atoms with Gasteiger partial charge in [0, 0.05) is 18.1 Å². The van der Waals surface area contributed by atoms with Crippen LogP contribution in [-0.2, 0) is 6.42 Å². The van der Waals surface area contributed by atoms with E-state index in [-0.39, 0.29) is 5.56 Å². The SMILES string of the molecule is CCCc1cn(C2CN3CCC2CC3)c(=O)c2ccccc12. The molecule has 3 fully saturated rings. The van der Waals surface area contributed by atoms with Crippen molar-refractivity contribution in [3.05, 3.63) is 46.4 Å². The van der Waals surface area contributed by atoms with Gasteiger partial charge in [-0.25, -0.2) is 0 Å². The molecule has 2 bridgehead atoms. The van der Waals surface area contributed by atoms with Crippen molar-refractivity contribution in [2.45, 2.75) is 38.6 Å². The highest BCUT2D eigenvalue weighted by Crippen LogP contribution is 2.35. The first kappa shape index (κ1) is 14.0. The number of pyridine rings is 1. The molecule has 4 heterocycles. The van der Waals surface area contributed by atoms with Gasteiger partial charge < -0.3 is 9.47 Å². The van der Waals surface area contributed by atoms with Crippen molar-refractivity contribution in [2.75, 3.05) is 19.6 Å². The maximum absolute atomic E-state index is 13.0. The predicted molar refractivity (Wildman–Crippen MR) is 90.4 cm³/mol. The molecule has 0 aliphatic carbocycles. The van der Waals surface area contributed by atoms with Gasteiger partial charge in [0.05, 0.1) is 6.04 Å². The molecule has 3 heteroatoms. The second kappa shape index (κ2) is 5.54. The lowest BCUT2D eigenvalue weighted by Crippen LogP contribution is -2.50. The minimum Gasteiger partial charge on any atom is -0.310 e. The summed E-state index contributed by atoms with van der Waals surface area (Å²) in [6, 6.07) is 8.49. The molecule has 0 N–H and O–H groups in total.